The van der Waals surface area contributed by atoms with Gasteiger partial charge in [0.05, 0.1) is 11.1 Å². The van der Waals surface area contributed by atoms with Crippen molar-refractivity contribution in [2.75, 3.05) is 0 Å². The summed E-state index contributed by atoms with van der Waals surface area (Å²) in [6.45, 7) is 0. The van der Waals surface area contributed by atoms with Crippen LogP contribution in [0.4, 0.5) is 4.39 Å². The highest BCUT2D eigenvalue weighted by molar-refractivity contribution is 7.89. The molecule has 0 saturated heterocycles. The lowest BCUT2D eigenvalue weighted by molar-refractivity contribution is 0.323. The van der Waals surface area contributed by atoms with E-state index in [0.29, 0.717) is 0 Å². The highest BCUT2D eigenvalue weighted by Gasteiger charge is 2.30. The SMILES string of the molecule is N#CC(NS(=O)(=O)c1cccc(Cl)c1F)C1CCCCC1. The van der Waals surface area contributed by atoms with Crippen LogP contribution in [0.25, 0.3) is 0 Å². The van der Waals surface area contributed by atoms with E-state index in [1.807, 2.05) is 6.07 Å². The van der Waals surface area contributed by atoms with Crippen LogP contribution in [0.15, 0.2) is 23.1 Å². The Morgan fingerprint density at radius 3 is 2.62 bits per heavy atom. The first kappa shape index (κ1) is 16.2. The van der Waals surface area contributed by atoms with Crippen molar-refractivity contribution in [3.8, 4) is 6.07 Å². The summed E-state index contributed by atoms with van der Waals surface area (Å²) in [7, 11) is -4.11. The van der Waals surface area contributed by atoms with Crippen molar-refractivity contribution in [1.82, 2.24) is 4.72 Å². The van der Waals surface area contributed by atoms with Gasteiger partial charge in [0.2, 0.25) is 10.0 Å². The second-order valence-electron chi connectivity index (χ2n) is 5.18. The van der Waals surface area contributed by atoms with E-state index in [1.165, 1.54) is 12.1 Å². The number of nitriles is 1. The average molecular weight is 331 g/mol. The smallest absolute Gasteiger partial charge is 0.207 e. The van der Waals surface area contributed by atoms with Crippen LogP contribution >= 0.6 is 11.6 Å². The number of hydrogen-bond donors (Lipinski definition) is 1. The number of sulfonamides is 1. The van der Waals surface area contributed by atoms with Crippen LogP contribution in [0, 0.1) is 23.1 Å². The lowest BCUT2D eigenvalue weighted by Crippen LogP contribution is -2.40. The Balaban J connectivity index is 2.23. The highest BCUT2D eigenvalue weighted by Crippen LogP contribution is 2.28. The number of nitrogens with zero attached hydrogens (tertiary/aromatic N) is 1. The first-order valence-electron chi connectivity index (χ1n) is 6.81. The van der Waals surface area contributed by atoms with Crippen molar-refractivity contribution in [3.05, 3.63) is 29.0 Å². The van der Waals surface area contributed by atoms with Gasteiger partial charge in [-0.3, -0.25) is 0 Å². The summed E-state index contributed by atoms with van der Waals surface area (Å²) in [6.07, 6.45) is 4.67. The molecule has 0 heterocycles. The number of nitrogens with one attached hydrogen (secondary N) is 1. The van der Waals surface area contributed by atoms with Crippen LogP contribution < -0.4 is 4.72 Å². The summed E-state index contributed by atoms with van der Waals surface area (Å²) in [4.78, 5) is -0.522. The number of halogens is 2. The maximum atomic E-state index is 13.9. The summed E-state index contributed by atoms with van der Waals surface area (Å²) in [5, 5.41) is 8.96. The summed E-state index contributed by atoms with van der Waals surface area (Å²) < 4.78 is 40.7. The van der Waals surface area contributed by atoms with E-state index >= 15 is 0 Å². The molecule has 0 amide bonds. The molecular formula is C14H16ClFN2O2S. The first-order chi connectivity index (χ1) is 9.95. The molecule has 1 aliphatic rings. The lowest BCUT2D eigenvalue weighted by atomic mass is 9.85. The molecule has 2 rings (SSSR count). The molecule has 1 unspecified atom stereocenters. The Morgan fingerprint density at radius 2 is 2.00 bits per heavy atom. The Bertz CT molecular complexity index is 651. The molecule has 0 aliphatic heterocycles. The van der Waals surface area contributed by atoms with Crippen molar-refractivity contribution in [3.63, 3.8) is 0 Å². The molecule has 1 saturated carbocycles. The molecule has 21 heavy (non-hydrogen) atoms. The molecule has 1 aliphatic carbocycles. The van der Waals surface area contributed by atoms with Gasteiger partial charge in [-0.2, -0.15) is 9.98 Å². The van der Waals surface area contributed by atoms with Crippen LogP contribution in [-0.4, -0.2) is 14.5 Å². The van der Waals surface area contributed by atoms with E-state index in [4.69, 9.17) is 11.6 Å². The van der Waals surface area contributed by atoms with Gasteiger partial charge in [0.15, 0.2) is 5.82 Å². The summed E-state index contributed by atoms with van der Waals surface area (Å²) in [5.74, 6) is -1.02. The predicted molar refractivity (Wildman–Crippen MR) is 77.7 cm³/mol. The number of rotatable bonds is 4. The predicted octanol–water partition coefficient (Wildman–Crippen LogP) is 3.23. The van der Waals surface area contributed by atoms with Crippen molar-refractivity contribution in [1.29, 1.82) is 5.26 Å². The van der Waals surface area contributed by atoms with Crippen LogP contribution in [0.2, 0.25) is 5.02 Å². The van der Waals surface area contributed by atoms with Crippen LogP contribution in [0.5, 0.6) is 0 Å². The summed E-state index contributed by atoms with van der Waals surface area (Å²) >= 11 is 5.61. The molecule has 0 radical (unpaired) electrons. The van der Waals surface area contributed by atoms with Crippen LogP contribution in [-0.2, 0) is 10.0 Å². The first-order valence-corrected chi connectivity index (χ1v) is 8.68. The van der Waals surface area contributed by atoms with Gasteiger partial charge in [-0.15, -0.1) is 0 Å². The van der Waals surface area contributed by atoms with E-state index in [9.17, 15) is 18.1 Å². The zero-order valence-electron chi connectivity index (χ0n) is 11.4. The van der Waals surface area contributed by atoms with Crippen LogP contribution in [0.1, 0.15) is 32.1 Å². The summed E-state index contributed by atoms with van der Waals surface area (Å²) in [6, 6.07) is 4.92. The summed E-state index contributed by atoms with van der Waals surface area (Å²) in [5.41, 5.74) is 0. The molecule has 114 valence electrons. The molecule has 0 spiro atoms. The highest BCUT2D eigenvalue weighted by atomic mass is 35.5. The van der Waals surface area contributed by atoms with Crippen molar-refractivity contribution in [2.45, 2.75) is 43.0 Å². The number of hydrogen-bond acceptors (Lipinski definition) is 3. The lowest BCUT2D eigenvalue weighted by Gasteiger charge is -2.26. The molecule has 1 fully saturated rings. The minimum Gasteiger partial charge on any atom is -0.207 e. The Labute approximate surface area is 129 Å². The molecule has 4 nitrogen and oxygen atoms in total. The van der Waals surface area contributed by atoms with Crippen molar-refractivity contribution in [2.24, 2.45) is 5.92 Å². The minimum atomic E-state index is -4.11. The van der Waals surface area contributed by atoms with Gasteiger partial charge < -0.3 is 0 Å². The minimum absolute atomic E-state index is 0.0271. The zero-order chi connectivity index (χ0) is 15.5. The molecule has 1 aromatic rings. The normalized spacial score (nSPS) is 18.1. The maximum absolute atomic E-state index is 13.9. The van der Waals surface area contributed by atoms with Gasteiger partial charge >= 0.3 is 0 Å². The van der Waals surface area contributed by atoms with E-state index in [1.54, 1.807) is 0 Å². The topological polar surface area (TPSA) is 70.0 Å². The monoisotopic (exact) mass is 330 g/mol. The van der Waals surface area contributed by atoms with Gasteiger partial charge in [0.1, 0.15) is 10.9 Å². The third-order valence-corrected chi connectivity index (χ3v) is 5.50. The second kappa shape index (κ2) is 6.73. The number of benzene rings is 1. The van der Waals surface area contributed by atoms with E-state index in [2.05, 4.69) is 4.72 Å². The van der Waals surface area contributed by atoms with Crippen molar-refractivity contribution >= 4 is 21.6 Å². The third-order valence-electron chi connectivity index (χ3n) is 3.75. The van der Waals surface area contributed by atoms with Gasteiger partial charge in [-0.05, 0) is 30.9 Å². The zero-order valence-corrected chi connectivity index (χ0v) is 12.9. The fourth-order valence-electron chi connectivity index (χ4n) is 2.62. The molecule has 1 aromatic carbocycles. The van der Waals surface area contributed by atoms with Crippen molar-refractivity contribution < 1.29 is 12.8 Å². The fraction of sp³-hybridized carbons (Fsp3) is 0.500. The fourth-order valence-corrected chi connectivity index (χ4v) is 4.16. The van der Waals surface area contributed by atoms with E-state index in [0.717, 1.165) is 38.2 Å². The molecule has 1 atom stereocenters. The Hall–Kier alpha value is -1.16. The quantitative estimate of drug-likeness (QED) is 0.921. The molecule has 0 bridgehead atoms. The average Bonchev–Trinajstić information content (AvgIpc) is 2.48. The van der Waals surface area contributed by atoms with Crippen LogP contribution in [0.3, 0.4) is 0 Å². The van der Waals surface area contributed by atoms with Gasteiger partial charge in [-0.25, -0.2) is 12.8 Å². The molecule has 7 heteroatoms. The Morgan fingerprint density at radius 1 is 1.33 bits per heavy atom. The molecule has 1 N–H and O–H groups in total. The Kier molecular flexibility index (Phi) is 5.20. The molecule has 0 aromatic heterocycles. The largest absolute Gasteiger partial charge is 0.244 e. The standard InChI is InChI=1S/C14H16ClFN2O2S/c15-11-7-4-8-13(14(11)16)21(19,20)18-12(9-17)10-5-2-1-3-6-10/h4,7-8,10,12,18H,1-3,5-6H2. The second-order valence-corrected chi connectivity index (χ2v) is 7.27. The van der Waals surface area contributed by atoms with Gasteiger partial charge in [0.25, 0.3) is 0 Å². The van der Waals surface area contributed by atoms with Gasteiger partial charge in [0, 0.05) is 0 Å². The maximum Gasteiger partial charge on any atom is 0.244 e. The van der Waals surface area contributed by atoms with E-state index in [-0.39, 0.29) is 10.9 Å². The third kappa shape index (κ3) is 3.73. The molecular weight excluding hydrogens is 315 g/mol. The van der Waals surface area contributed by atoms with E-state index < -0.39 is 26.8 Å². The van der Waals surface area contributed by atoms with Gasteiger partial charge in [-0.1, -0.05) is 36.9 Å².